The third kappa shape index (κ3) is 6.19. The molecule has 2 fully saturated rings. The highest BCUT2D eigenvalue weighted by Gasteiger charge is 2.25. The summed E-state index contributed by atoms with van der Waals surface area (Å²) in [7, 11) is 1.68. The second kappa shape index (κ2) is 10.9. The molecule has 31 heavy (non-hydrogen) atoms. The zero-order valence-electron chi connectivity index (χ0n) is 19.2. The molecule has 2 heterocycles. The number of pyridine rings is 1. The van der Waals surface area contributed by atoms with Gasteiger partial charge in [-0.05, 0) is 39.5 Å². The van der Waals surface area contributed by atoms with Crippen LogP contribution in [0.1, 0.15) is 92.4 Å². The van der Waals surface area contributed by atoms with Gasteiger partial charge in [-0.15, -0.1) is 0 Å². The molecule has 0 bridgehead atoms. The molecule has 1 saturated heterocycles. The van der Waals surface area contributed by atoms with Gasteiger partial charge in [0.1, 0.15) is 11.1 Å². The first kappa shape index (κ1) is 23.5. The first-order chi connectivity index (χ1) is 14.9. The SMILES string of the molecule is CC(C)N(C)C(=O)c1cn(C[C@@H]2CCCO2)cc(C(=O)NC2CCCCCCC2)c1=O. The van der Waals surface area contributed by atoms with Crippen molar-refractivity contribution < 1.29 is 14.3 Å². The van der Waals surface area contributed by atoms with Gasteiger partial charge in [-0.1, -0.05) is 32.1 Å². The van der Waals surface area contributed by atoms with Gasteiger partial charge in [0.05, 0.1) is 6.10 Å². The summed E-state index contributed by atoms with van der Waals surface area (Å²) in [6.07, 6.45) is 12.8. The van der Waals surface area contributed by atoms with Crippen LogP contribution >= 0.6 is 0 Å². The summed E-state index contributed by atoms with van der Waals surface area (Å²) < 4.78 is 7.51. The predicted octanol–water partition coefficient (Wildman–Crippen LogP) is 3.35. The van der Waals surface area contributed by atoms with Crippen molar-refractivity contribution in [2.45, 2.75) is 96.4 Å². The first-order valence-corrected chi connectivity index (χ1v) is 11.8. The van der Waals surface area contributed by atoms with Crippen LogP contribution in [0.5, 0.6) is 0 Å². The van der Waals surface area contributed by atoms with Gasteiger partial charge >= 0.3 is 0 Å². The van der Waals surface area contributed by atoms with Crippen molar-refractivity contribution in [1.82, 2.24) is 14.8 Å². The van der Waals surface area contributed by atoms with Gasteiger partial charge in [0.25, 0.3) is 11.8 Å². The maximum atomic E-state index is 13.2. The summed E-state index contributed by atoms with van der Waals surface area (Å²) in [6.45, 7) is 5.04. The van der Waals surface area contributed by atoms with Gasteiger partial charge in [-0.3, -0.25) is 14.4 Å². The van der Waals surface area contributed by atoms with E-state index in [-0.39, 0.29) is 41.1 Å². The topological polar surface area (TPSA) is 80.6 Å². The van der Waals surface area contributed by atoms with E-state index in [4.69, 9.17) is 4.74 Å². The van der Waals surface area contributed by atoms with Crippen LogP contribution in [0.25, 0.3) is 0 Å². The Kier molecular flexibility index (Phi) is 8.29. The lowest BCUT2D eigenvalue weighted by atomic mass is 9.96. The lowest BCUT2D eigenvalue weighted by molar-refractivity contribution is 0.0750. The van der Waals surface area contributed by atoms with Crippen molar-refractivity contribution in [3.05, 3.63) is 33.7 Å². The highest BCUT2D eigenvalue weighted by atomic mass is 16.5. The Hall–Kier alpha value is -2.15. The monoisotopic (exact) mass is 431 g/mol. The van der Waals surface area contributed by atoms with Crippen LogP contribution in [0.4, 0.5) is 0 Å². The molecule has 1 saturated carbocycles. The molecule has 1 aromatic rings. The Bertz CT molecular complexity index is 819. The van der Waals surface area contributed by atoms with Crippen molar-refractivity contribution in [1.29, 1.82) is 0 Å². The van der Waals surface area contributed by atoms with Crippen molar-refractivity contribution in [3.63, 3.8) is 0 Å². The van der Waals surface area contributed by atoms with E-state index in [1.165, 1.54) is 24.2 Å². The van der Waals surface area contributed by atoms with E-state index in [0.717, 1.165) is 45.1 Å². The normalized spacial score (nSPS) is 20.3. The van der Waals surface area contributed by atoms with Crippen LogP contribution in [-0.4, -0.2) is 53.1 Å². The molecule has 1 aliphatic carbocycles. The number of hydrogen-bond acceptors (Lipinski definition) is 4. The van der Waals surface area contributed by atoms with E-state index in [2.05, 4.69) is 5.32 Å². The summed E-state index contributed by atoms with van der Waals surface area (Å²) in [5.41, 5.74) is -0.410. The zero-order valence-corrected chi connectivity index (χ0v) is 19.2. The average molecular weight is 432 g/mol. The summed E-state index contributed by atoms with van der Waals surface area (Å²) in [5.74, 6) is -0.736. The summed E-state index contributed by atoms with van der Waals surface area (Å²) >= 11 is 0. The van der Waals surface area contributed by atoms with Crippen molar-refractivity contribution in [2.75, 3.05) is 13.7 Å². The highest BCUT2D eigenvalue weighted by molar-refractivity contribution is 5.99. The highest BCUT2D eigenvalue weighted by Crippen LogP contribution is 2.18. The molecule has 0 unspecified atom stereocenters. The Morgan fingerprint density at radius 3 is 2.32 bits per heavy atom. The second-order valence-corrected chi connectivity index (χ2v) is 9.27. The molecule has 3 rings (SSSR count). The Labute approximate surface area is 185 Å². The van der Waals surface area contributed by atoms with Crippen LogP contribution in [0, 0.1) is 0 Å². The molecule has 1 atom stereocenters. The fraction of sp³-hybridized carbons (Fsp3) is 0.708. The molecule has 7 heteroatoms. The van der Waals surface area contributed by atoms with Gasteiger partial charge in [-0.2, -0.15) is 0 Å². The molecule has 1 aromatic heterocycles. The van der Waals surface area contributed by atoms with Crippen LogP contribution in [0.15, 0.2) is 17.2 Å². The number of amides is 2. The molecule has 2 aliphatic rings. The van der Waals surface area contributed by atoms with Crippen molar-refractivity contribution in [3.8, 4) is 0 Å². The van der Waals surface area contributed by atoms with Crippen molar-refractivity contribution >= 4 is 11.8 Å². The maximum Gasteiger partial charge on any atom is 0.259 e. The number of carbonyl (C=O) groups excluding carboxylic acids is 2. The molecule has 172 valence electrons. The molecule has 1 aliphatic heterocycles. The number of rotatable bonds is 6. The predicted molar refractivity (Wildman–Crippen MR) is 120 cm³/mol. The lowest BCUT2D eigenvalue weighted by Gasteiger charge is -2.23. The van der Waals surface area contributed by atoms with Gasteiger partial charge in [0, 0.05) is 44.7 Å². The van der Waals surface area contributed by atoms with E-state index < -0.39 is 5.43 Å². The van der Waals surface area contributed by atoms with Crippen molar-refractivity contribution in [2.24, 2.45) is 0 Å². The Morgan fingerprint density at radius 1 is 1.06 bits per heavy atom. The molecular weight excluding hydrogens is 394 g/mol. The Morgan fingerprint density at radius 2 is 1.71 bits per heavy atom. The standard InChI is InChI=1S/C24H37N3O4/c1-17(2)26(3)24(30)21-16-27(14-19-12-9-13-31-19)15-20(22(21)28)23(29)25-18-10-7-5-4-6-8-11-18/h15-19H,4-14H2,1-3H3,(H,25,29)/t19-/m0/s1. The minimum absolute atomic E-state index is 0.0369. The third-order valence-corrected chi connectivity index (χ3v) is 6.53. The zero-order chi connectivity index (χ0) is 22.4. The molecule has 0 aromatic carbocycles. The van der Waals surface area contributed by atoms with Gasteiger partial charge in [0.2, 0.25) is 5.43 Å². The van der Waals surface area contributed by atoms with Crippen LogP contribution < -0.4 is 10.7 Å². The minimum atomic E-state index is -0.496. The van der Waals surface area contributed by atoms with E-state index in [1.807, 2.05) is 13.8 Å². The number of hydrogen-bond donors (Lipinski definition) is 1. The van der Waals surface area contributed by atoms with E-state index in [1.54, 1.807) is 24.0 Å². The largest absolute Gasteiger partial charge is 0.376 e. The molecular formula is C24H37N3O4. The molecule has 1 N–H and O–H groups in total. The average Bonchev–Trinajstić information content (AvgIpc) is 3.22. The van der Waals surface area contributed by atoms with Gasteiger partial charge < -0.3 is 19.5 Å². The third-order valence-electron chi connectivity index (χ3n) is 6.53. The number of nitrogens with zero attached hydrogens (tertiary/aromatic N) is 2. The molecule has 2 amide bonds. The van der Waals surface area contributed by atoms with E-state index >= 15 is 0 Å². The number of aromatic nitrogens is 1. The minimum Gasteiger partial charge on any atom is -0.376 e. The van der Waals surface area contributed by atoms with Gasteiger partial charge in [-0.25, -0.2) is 0 Å². The lowest BCUT2D eigenvalue weighted by Crippen LogP contribution is -2.41. The summed E-state index contributed by atoms with van der Waals surface area (Å²) in [5, 5.41) is 3.07. The van der Waals surface area contributed by atoms with Gasteiger partial charge in [0.15, 0.2) is 0 Å². The summed E-state index contributed by atoms with van der Waals surface area (Å²) in [4.78, 5) is 40.8. The smallest absolute Gasteiger partial charge is 0.259 e. The number of nitrogens with one attached hydrogen (secondary N) is 1. The fourth-order valence-corrected chi connectivity index (χ4v) is 4.36. The quantitative estimate of drug-likeness (QED) is 0.749. The van der Waals surface area contributed by atoms with Crippen LogP contribution in [-0.2, 0) is 11.3 Å². The van der Waals surface area contributed by atoms with Crippen LogP contribution in [0.3, 0.4) is 0 Å². The molecule has 7 nitrogen and oxygen atoms in total. The second-order valence-electron chi connectivity index (χ2n) is 9.27. The maximum absolute atomic E-state index is 13.2. The summed E-state index contributed by atoms with van der Waals surface area (Å²) in [6, 6.07) is 0.0300. The van der Waals surface area contributed by atoms with E-state index in [9.17, 15) is 14.4 Å². The fourth-order valence-electron chi connectivity index (χ4n) is 4.36. The first-order valence-electron chi connectivity index (χ1n) is 11.8. The molecule has 0 radical (unpaired) electrons. The number of carbonyl (C=O) groups is 2. The number of ether oxygens (including phenoxy) is 1. The van der Waals surface area contributed by atoms with E-state index in [0.29, 0.717) is 6.54 Å². The Balaban J connectivity index is 1.88. The molecule has 0 spiro atoms. The van der Waals surface area contributed by atoms with Crippen LogP contribution in [0.2, 0.25) is 0 Å².